The Morgan fingerprint density at radius 3 is 2.17 bits per heavy atom. The smallest absolute Gasteiger partial charge is 0.229 e. The number of ether oxygens (including phenoxy) is 2. The summed E-state index contributed by atoms with van der Waals surface area (Å²) in [5.74, 6) is 0.949. The third kappa shape index (κ3) is 4.74. The Hall–Kier alpha value is -1.57. The third-order valence-electron chi connectivity index (χ3n) is 2.03. The Morgan fingerprint density at radius 2 is 1.78 bits per heavy atom. The zero-order valence-electron chi connectivity index (χ0n) is 10.8. The number of methoxy groups -OCH3 is 2. The van der Waals surface area contributed by atoms with Crippen molar-refractivity contribution >= 4 is 15.8 Å². The lowest BCUT2D eigenvalue weighted by molar-refractivity contribution is 0.372. The maximum absolute atomic E-state index is 11.1. The number of nitrogens with zero attached hydrogens (tertiary/aromatic N) is 2. The van der Waals surface area contributed by atoms with E-state index in [0.29, 0.717) is 11.8 Å². The fourth-order valence-corrected chi connectivity index (χ4v) is 2.39. The molecule has 0 saturated heterocycles. The number of hydrogen-bond donors (Lipinski definition) is 1. The monoisotopic (exact) mass is 275 g/mol. The summed E-state index contributed by atoms with van der Waals surface area (Å²) in [5, 5.41) is 2.89. The zero-order chi connectivity index (χ0) is 13.8. The lowest BCUT2D eigenvalue weighted by Gasteiger charge is -2.13. The average Bonchev–Trinajstić information content (AvgIpc) is 2.25. The van der Waals surface area contributed by atoms with Gasteiger partial charge in [-0.25, -0.2) is 8.42 Å². The SMILES string of the molecule is COc1cc(OC)nc(NC(C)CS(C)(=O)=O)n1. The summed E-state index contributed by atoms with van der Waals surface area (Å²) in [6.45, 7) is 1.73. The quantitative estimate of drug-likeness (QED) is 0.800. The number of anilines is 1. The van der Waals surface area contributed by atoms with Crippen molar-refractivity contribution in [3.8, 4) is 11.8 Å². The predicted molar refractivity (Wildman–Crippen MR) is 67.9 cm³/mol. The van der Waals surface area contributed by atoms with Crippen LogP contribution in [0.3, 0.4) is 0 Å². The van der Waals surface area contributed by atoms with Gasteiger partial charge in [0.15, 0.2) is 0 Å². The van der Waals surface area contributed by atoms with Crippen molar-refractivity contribution in [3.63, 3.8) is 0 Å². The van der Waals surface area contributed by atoms with Crippen LogP contribution in [0.2, 0.25) is 0 Å². The molecule has 0 aliphatic rings. The maximum atomic E-state index is 11.1. The Labute approximate surface area is 106 Å². The summed E-state index contributed by atoms with van der Waals surface area (Å²) < 4.78 is 32.3. The van der Waals surface area contributed by atoms with Gasteiger partial charge >= 0.3 is 0 Å². The first kappa shape index (κ1) is 14.5. The van der Waals surface area contributed by atoms with Gasteiger partial charge in [-0.05, 0) is 6.92 Å². The van der Waals surface area contributed by atoms with E-state index in [1.54, 1.807) is 6.92 Å². The van der Waals surface area contributed by atoms with Crippen LogP contribution >= 0.6 is 0 Å². The Bertz CT molecular complexity index is 482. The summed E-state index contributed by atoms with van der Waals surface area (Å²) in [6.07, 6.45) is 1.18. The van der Waals surface area contributed by atoms with Gasteiger partial charge in [0, 0.05) is 12.3 Å². The van der Waals surface area contributed by atoms with Crippen LogP contribution in [-0.2, 0) is 9.84 Å². The summed E-state index contributed by atoms with van der Waals surface area (Å²) in [6, 6.07) is 1.23. The average molecular weight is 275 g/mol. The third-order valence-corrected chi connectivity index (χ3v) is 3.13. The van der Waals surface area contributed by atoms with Gasteiger partial charge in [0.1, 0.15) is 9.84 Å². The molecule has 102 valence electrons. The van der Waals surface area contributed by atoms with Crippen molar-refractivity contribution in [1.29, 1.82) is 0 Å². The summed E-state index contributed by atoms with van der Waals surface area (Å²) in [5.41, 5.74) is 0. The van der Waals surface area contributed by atoms with E-state index in [-0.39, 0.29) is 17.7 Å². The van der Waals surface area contributed by atoms with Crippen LogP contribution in [0.1, 0.15) is 6.92 Å². The first-order valence-corrected chi connectivity index (χ1v) is 7.31. The lowest BCUT2D eigenvalue weighted by Crippen LogP contribution is -2.26. The molecule has 1 N–H and O–H groups in total. The van der Waals surface area contributed by atoms with Crippen molar-refractivity contribution in [2.75, 3.05) is 31.5 Å². The van der Waals surface area contributed by atoms with Gasteiger partial charge in [0.05, 0.1) is 26.0 Å². The van der Waals surface area contributed by atoms with E-state index < -0.39 is 9.84 Å². The molecule has 0 spiro atoms. The predicted octanol–water partition coefficient (Wildman–Crippen LogP) is 0.339. The molecule has 1 aromatic heterocycles. The van der Waals surface area contributed by atoms with Crippen molar-refractivity contribution in [2.45, 2.75) is 13.0 Å². The minimum absolute atomic E-state index is 0.00408. The van der Waals surface area contributed by atoms with Crippen LogP contribution in [0.25, 0.3) is 0 Å². The number of nitrogens with one attached hydrogen (secondary N) is 1. The number of sulfone groups is 1. The fourth-order valence-electron chi connectivity index (χ4n) is 1.39. The fraction of sp³-hybridized carbons (Fsp3) is 0.600. The highest BCUT2D eigenvalue weighted by molar-refractivity contribution is 7.90. The molecule has 18 heavy (non-hydrogen) atoms. The molecular formula is C10H17N3O4S. The second-order valence-electron chi connectivity index (χ2n) is 3.91. The van der Waals surface area contributed by atoms with Crippen molar-refractivity contribution in [2.24, 2.45) is 0 Å². The first-order chi connectivity index (χ1) is 8.34. The number of rotatable bonds is 6. The molecule has 1 rings (SSSR count). The molecule has 1 unspecified atom stereocenters. The molecule has 0 aliphatic carbocycles. The van der Waals surface area contributed by atoms with Crippen molar-refractivity contribution in [3.05, 3.63) is 6.07 Å². The highest BCUT2D eigenvalue weighted by Gasteiger charge is 2.13. The zero-order valence-corrected chi connectivity index (χ0v) is 11.6. The minimum Gasteiger partial charge on any atom is -0.481 e. The second-order valence-corrected chi connectivity index (χ2v) is 6.10. The highest BCUT2D eigenvalue weighted by atomic mass is 32.2. The molecule has 0 radical (unpaired) electrons. The molecule has 0 amide bonds. The molecule has 1 atom stereocenters. The van der Waals surface area contributed by atoms with Gasteiger partial charge in [-0.3, -0.25) is 0 Å². The van der Waals surface area contributed by atoms with E-state index in [2.05, 4.69) is 15.3 Å². The number of hydrogen-bond acceptors (Lipinski definition) is 7. The van der Waals surface area contributed by atoms with Gasteiger partial charge in [0.2, 0.25) is 17.7 Å². The van der Waals surface area contributed by atoms with E-state index >= 15 is 0 Å². The van der Waals surface area contributed by atoms with E-state index in [0.717, 1.165) is 0 Å². The normalized spacial score (nSPS) is 12.9. The molecule has 7 nitrogen and oxygen atoms in total. The highest BCUT2D eigenvalue weighted by Crippen LogP contribution is 2.17. The van der Waals surface area contributed by atoms with Gasteiger partial charge < -0.3 is 14.8 Å². The summed E-state index contributed by atoms with van der Waals surface area (Å²) in [4.78, 5) is 8.10. The molecule has 0 bridgehead atoms. The molecule has 0 aromatic carbocycles. The summed E-state index contributed by atoms with van der Waals surface area (Å²) >= 11 is 0. The van der Waals surface area contributed by atoms with Gasteiger partial charge in [0.25, 0.3) is 0 Å². The molecule has 0 aliphatic heterocycles. The van der Waals surface area contributed by atoms with E-state index in [4.69, 9.17) is 9.47 Å². The molecule has 0 saturated carbocycles. The van der Waals surface area contributed by atoms with Crippen LogP contribution in [0.4, 0.5) is 5.95 Å². The van der Waals surface area contributed by atoms with Gasteiger partial charge in [-0.1, -0.05) is 0 Å². The molecule has 1 aromatic rings. The van der Waals surface area contributed by atoms with Crippen molar-refractivity contribution in [1.82, 2.24) is 9.97 Å². The van der Waals surface area contributed by atoms with Gasteiger partial charge in [-0.15, -0.1) is 0 Å². The second kappa shape index (κ2) is 5.85. The molecule has 1 heterocycles. The standard InChI is InChI=1S/C10H17N3O4S/c1-7(6-18(4,14)15)11-10-12-8(16-2)5-9(13-10)17-3/h5,7H,6H2,1-4H3,(H,11,12,13). The minimum atomic E-state index is -3.06. The van der Waals surface area contributed by atoms with Crippen LogP contribution in [0.5, 0.6) is 11.8 Å². The topological polar surface area (TPSA) is 90.4 Å². The molecular weight excluding hydrogens is 258 g/mol. The first-order valence-electron chi connectivity index (χ1n) is 5.25. The van der Waals surface area contributed by atoms with E-state index in [9.17, 15) is 8.42 Å². The van der Waals surface area contributed by atoms with Crippen LogP contribution < -0.4 is 14.8 Å². The van der Waals surface area contributed by atoms with Gasteiger partial charge in [-0.2, -0.15) is 9.97 Å². The lowest BCUT2D eigenvalue weighted by atomic mass is 10.4. The number of aromatic nitrogens is 2. The van der Waals surface area contributed by atoms with Crippen molar-refractivity contribution < 1.29 is 17.9 Å². The Balaban J connectivity index is 2.83. The Morgan fingerprint density at radius 1 is 1.28 bits per heavy atom. The summed E-state index contributed by atoms with van der Waals surface area (Å²) in [7, 11) is -0.100. The van der Waals surface area contributed by atoms with E-state index in [1.165, 1.54) is 26.5 Å². The van der Waals surface area contributed by atoms with E-state index in [1.807, 2.05) is 0 Å². The molecule has 0 fully saturated rings. The van der Waals surface area contributed by atoms with Crippen LogP contribution in [0.15, 0.2) is 6.07 Å². The van der Waals surface area contributed by atoms with Crippen LogP contribution in [-0.4, -0.2) is 50.7 Å². The van der Waals surface area contributed by atoms with Crippen LogP contribution in [0, 0.1) is 0 Å². The largest absolute Gasteiger partial charge is 0.481 e. The Kier molecular flexibility index (Phi) is 4.71. The maximum Gasteiger partial charge on any atom is 0.229 e. The molecule has 8 heteroatoms.